The van der Waals surface area contributed by atoms with E-state index in [0.29, 0.717) is 23.7 Å². The van der Waals surface area contributed by atoms with Crippen molar-refractivity contribution >= 4 is 32.5 Å². The minimum Gasteiger partial charge on any atom is -0.497 e. The summed E-state index contributed by atoms with van der Waals surface area (Å²) in [5.41, 5.74) is 2.88. The number of fused-ring (bicyclic) bond motifs is 1. The van der Waals surface area contributed by atoms with Gasteiger partial charge >= 0.3 is 0 Å². The fourth-order valence-electron chi connectivity index (χ4n) is 4.96. The number of sulfonamides is 1. The second kappa shape index (κ2) is 11.6. The van der Waals surface area contributed by atoms with E-state index in [-0.39, 0.29) is 28.8 Å². The van der Waals surface area contributed by atoms with Gasteiger partial charge in [0, 0.05) is 30.2 Å². The summed E-state index contributed by atoms with van der Waals surface area (Å²) in [6.07, 6.45) is 3.43. The zero-order chi connectivity index (χ0) is 30.1. The standard InChI is InChI=1S/C33H37N3O5S/c1-33(2,3)25-8-13-30(14-9-25)42(38,39)36(27-12-15-31-24(19-27)7-6-16-34-31)22-32(37)35(26-10-11-26)21-23-17-28(40-4)20-29(18-23)41-5/h6-9,12-20,26H,10-11,21-22H2,1-5H3. The van der Waals surface area contributed by atoms with Crippen LogP contribution in [0.15, 0.2) is 83.9 Å². The number of ether oxygens (including phenoxy) is 2. The molecular weight excluding hydrogens is 550 g/mol. The molecule has 1 saturated carbocycles. The lowest BCUT2D eigenvalue weighted by Gasteiger charge is -2.29. The first kappa shape index (κ1) is 29.4. The van der Waals surface area contributed by atoms with Crippen LogP contribution in [0.5, 0.6) is 11.5 Å². The van der Waals surface area contributed by atoms with Gasteiger partial charge in [-0.15, -0.1) is 0 Å². The molecular formula is C33H37N3O5S. The molecule has 1 aliphatic carbocycles. The highest BCUT2D eigenvalue weighted by molar-refractivity contribution is 7.92. The van der Waals surface area contributed by atoms with Crippen LogP contribution in [-0.4, -0.2) is 51.0 Å². The number of aromatic nitrogens is 1. The summed E-state index contributed by atoms with van der Waals surface area (Å²) in [7, 11) is -0.925. The van der Waals surface area contributed by atoms with E-state index >= 15 is 0 Å². The molecule has 1 aliphatic rings. The minimum atomic E-state index is -4.09. The van der Waals surface area contributed by atoms with Crippen molar-refractivity contribution < 1.29 is 22.7 Å². The van der Waals surface area contributed by atoms with Crippen LogP contribution in [-0.2, 0) is 26.8 Å². The molecule has 0 saturated heterocycles. The molecule has 9 heteroatoms. The smallest absolute Gasteiger partial charge is 0.264 e. The average Bonchev–Trinajstić information content (AvgIpc) is 3.83. The monoisotopic (exact) mass is 587 g/mol. The molecule has 4 aromatic rings. The Hall–Kier alpha value is -4.11. The van der Waals surface area contributed by atoms with E-state index in [1.54, 1.807) is 67.8 Å². The lowest BCUT2D eigenvalue weighted by Crippen LogP contribution is -2.43. The SMILES string of the molecule is COc1cc(CN(C(=O)CN(c2ccc3ncccc3c2)S(=O)(=O)c2ccc(C(C)(C)C)cc2)C2CC2)cc(OC)c1. The van der Waals surface area contributed by atoms with Crippen molar-refractivity contribution in [3.05, 3.63) is 90.1 Å². The number of hydrogen-bond acceptors (Lipinski definition) is 6. The van der Waals surface area contributed by atoms with Crippen LogP contribution in [0.3, 0.4) is 0 Å². The van der Waals surface area contributed by atoms with Crippen molar-refractivity contribution in [2.75, 3.05) is 25.1 Å². The van der Waals surface area contributed by atoms with Crippen molar-refractivity contribution in [2.45, 2.75) is 56.5 Å². The van der Waals surface area contributed by atoms with Gasteiger partial charge in [0.05, 0.1) is 30.3 Å². The van der Waals surface area contributed by atoms with Crippen molar-refractivity contribution in [3.63, 3.8) is 0 Å². The topological polar surface area (TPSA) is 89.0 Å². The van der Waals surface area contributed by atoms with Crippen LogP contribution in [0.25, 0.3) is 10.9 Å². The van der Waals surface area contributed by atoms with Crippen LogP contribution >= 0.6 is 0 Å². The summed E-state index contributed by atoms with van der Waals surface area (Å²) >= 11 is 0. The van der Waals surface area contributed by atoms with Crippen molar-refractivity contribution in [1.29, 1.82) is 0 Å². The second-order valence-corrected chi connectivity index (χ2v) is 13.5. The number of hydrogen-bond donors (Lipinski definition) is 0. The number of nitrogens with zero attached hydrogens (tertiary/aromatic N) is 3. The fraction of sp³-hybridized carbons (Fsp3) is 0.333. The Morgan fingerprint density at radius 2 is 1.60 bits per heavy atom. The maximum atomic E-state index is 14.2. The van der Waals surface area contributed by atoms with Gasteiger partial charge in [-0.25, -0.2) is 8.42 Å². The molecule has 220 valence electrons. The average molecular weight is 588 g/mol. The highest BCUT2D eigenvalue weighted by Gasteiger charge is 2.36. The third kappa shape index (κ3) is 6.36. The summed E-state index contributed by atoms with van der Waals surface area (Å²) in [6.45, 7) is 6.21. The number of rotatable bonds is 10. The number of carbonyl (C=O) groups is 1. The Balaban J connectivity index is 1.51. The molecule has 0 atom stereocenters. The highest BCUT2D eigenvalue weighted by atomic mass is 32.2. The first-order valence-corrected chi connectivity index (χ1v) is 15.4. The summed E-state index contributed by atoms with van der Waals surface area (Å²) in [4.78, 5) is 20.3. The molecule has 0 bridgehead atoms. The van der Waals surface area contributed by atoms with Crippen molar-refractivity contribution in [1.82, 2.24) is 9.88 Å². The third-order valence-corrected chi connectivity index (χ3v) is 9.32. The van der Waals surface area contributed by atoms with Crippen LogP contribution in [0.2, 0.25) is 0 Å². The van der Waals surface area contributed by atoms with Gasteiger partial charge in [-0.3, -0.25) is 14.1 Å². The Bertz CT molecular complexity index is 1670. The van der Waals surface area contributed by atoms with Crippen molar-refractivity contribution in [2.24, 2.45) is 0 Å². The number of benzene rings is 3. The molecule has 1 heterocycles. The first-order chi connectivity index (χ1) is 20.0. The Labute approximate surface area is 247 Å². The molecule has 0 spiro atoms. The molecule has 42 heavy (non-hydrogen) atoms. The van der Waals surface area contributed by atoms with Gasteiger partial charge in [0.15, 0.2) is 0 Å². The summed E-state index contributed by atoms with van der Waals surface area (Å²) < 4.78 is 40.5. The zero-order valence-electron chi connectivity index (χ0n) is 24.7. The Kier molecular flexibility index (Phi) is 8.14. The molecule has 1 amide bonds. The lowest BCUT2D eigenvalue weighted by atomic mass is 9.87. The normalized spacial score (nSPS) is 13.5. The second-order valence-electron chi connectivity index (χ2n) is 11.6. The number of anilines is 1. The van der Waals surface area contributed by atoms with E-state index in [9.17, 15) is 13.2 Å². The molecule has 1 aromatic heterocycles. The molecule has 5 rings (SSSR count). The first-order valence-electron chi connectivity index (χ1n) is 14.0. The Morgan fingerprint density at radius 3 is 2.19 bits per heavy atom. The van der Waals surface area contributed by atoms with E-state index < -0.39 is 10.0 Å². The number of amides is 1. The predicted molar refractivity (Wildman–Crippen MR) is 165 cm³/mol. The van der Waals surface area contributed by atoms with E-state index in [2.05, 4.69) is 25.8 Å². The molecule has 8 nitrogen and oxygen atoms in total. The molecule has 0 radical (unpaired) electrons. The molecule has 0 N–H and O–H groups in total. The minimum absolute atomic E-state index is 0.0473. The van der Waals surface area contributed by atoms with Gasteiger partial charge in [0.2, 0.25) is 5.91 Å². The largest absolute Gasteiger partial charge is 0.497 e. The quantitative estimate of drug-likeness (QED) is 0.228. The third-order valence-electron chi connectivity index (χ3n) is 7.53. The van der Waals surface area contributed by atoms with Gasteiger partial charge in [-0.1, -0.05) is 39.0 Å². The van der Waals surface area contributed by atoms with Gasteiger partial charge in [0.1, 0.15) is 18.0 Å². The van der Waals surface area contributed by atoms with E-state index in [1.807, 2.05) is 30.3 Å². The fourth-order valence-corrected chi connectivity index (χ4v) is 6.37. The van der Waals surface area contributed by atoms with Gasteiger partial charge in [0.25, 0.3) is 10.0 Å². The summed E-state index contributed by atoms with van der Waals surface area (Å²) in [6, 6.07) is 21.4. The number of carbonyl (C=O) groups excluding carboxylic acids is 1. The Morgan fingerprint density at radius 1 is 0.929 bits per heavy atom. The van der Waals surface area contributed by atoms with E-state index in [4.69, 9.17) is 9.47 Å². The lowest BCUT2D eigenvalue weighted by molar-refractivity contribution is -0.130. The zero-order valence-corrected chi connectivity index (χ0v) is 25.5. The van der Waals surface area contributed by atoms with E-state index in [0.717, 1.165) is 34.9 Å². The molecule has 0 aliphatic heterocycles. The van der Waals surface area contributed by atoms with Gasteiger partial charge in [-0.2, -0.15) is 0 Å². The predicted octanol–water partition coefficient (Wildman–Crippen LogP) is 5.94. The maximum Gasteiger partial charge on any atom is 0.264 e. The van der Waals surface area contributed by atoms with Crippen LogP contribution < -0.4 is 13.8 Å². The molecule has 1 fully saturated rings. The summed E-state index contributed by atoms with van der Waals surface area (Å²) in [5, 5.41) is 0.785. The van der Waals surface area contributed by atoms with Crippen LogP contribution in [0.1, 0.15) is 44.7 Å². The number of methoxy groups -OCH3 is 2. The summed E-state index contributed by atoms with van der Waals surface area (Å²) in [5.74, 6) is 0.973. The van der Waals surface area contributed by atoms with Crippen LogP contribution in [0.4, 0.5) is 5.69 Å². The highest BCUT2D eigenvalue weighted by Crippen LogP contribution is 2.33. The van der Waals surface area contributed by atoms with Gasteiger partial charge in [-0.05, 0) is 77.9 Å². The van der Waals surface area contributed by atoms with Crippen molar-refractivity contribution in [3.8, 4) is 11.5 Å². The van der Waals surface area contributed by atoms with Crippen LogP contribution in [0, 0.1) is 0 Å². The molecule has 3 aromatic carbocycles. The molecule has 0 unspecified atom stereocenters. The maximum absolute atomic E-state index is 14.2. The number of pyridine rings is 1. The van der Waals surface area contributed by atoms with Gasteiger partial charge < -0.3 is 14.4 Å². The van der Waals surface area contributed by atoms with E-state index in [1.165, 1.54) is 4.31 Å².